The summed E-state index contributed by atoms with van der Waals surface area (Å²) in [7, 11) is 1.72. The molecular formula is C24H24N8O2. The molecule has 4 rings (SSSR count). The second-order valence-corrected chi connectivity index (χ2v) is 7.53. The van der Waals surface area contributed by atoms with Crippen molar-refractivity contribution in [3.05, 3.63) is 87.7 Å². The van der Waals surface area contributed by atoms with Crippen molar-refractivity contribution in [3.8, 4) is 0 Å². The molecule has 3 heterocycles. The fourth-order valence-corrected chi connectivity index (χ4v) is 3.69. The quantitative estimate of drug-likeness (QED) is 0.201. The van der Waals surface area contributed by atoms with Gasteiger partial charge in [-0.15, -0.1) is 0 Å². The van der Waals surface area contributed by atoms with E-state index in [1.54, 1.807) is 19.4 Å². The number of carbonyl (C=O) groups excluding carboxylic acids is 1. The van der Waals surface area contributed by atoms with Gasteiger partial charge in [-0.3, -0.25) is 19.7 Å². The monoisotopic (exact) mass is 456 g/mol. The van der Waals surface area contributed by atoms with Crippen molar-refractivity contribution in [2.45, 2.75) is 19.9 Å². The van der Waals surface area contributed by atoms with E-state index >= 15 is 0 Å². The molecule has 0 spiro atoms. The van der Waals surface area contributed by atoms with Crippen LogP contribution >= 0.6 is 0 Å². The summed E-state index contributed by atoms with van der Waals surface area (Å²) < 4.78 is 1.36. The highest BCUT2D eigenvalue weighted by Crippen LogP contribution is 2.21. The lowest BCUT2D eigenvalue weighted by Gasteiger charge is -2.13. The first kappa shape index (κ1) is 22.6. The Morgan fingerprint density at radius 1 is 1.21 bits per heavy atom. The summed E-state index contributed by atoms with van der Waals surface area (Å²) in [6.45, 7) is 2.12. The first-order chi connectivity index (χ1) is 16.6. The molecule has 0 unspecified atom stereocenters. The summed E-state index contributed by atoms with van der Waals surface area (Å²) >= 11 is 0. The SMILES string of the molecule is CNc1cnn(Cc2cccc(C)n2)c(=O)c1C(/C=N\NC=O)=C/Cc1cccc2[nH]ncc12. The Bertz CT molecular complexity index is 1430. The molecule has 0 atom stereocenters. The van der Waals surface area contributed by atoms with Gasteiger partial charge in [0.2, 0.25) is 6.41 Å². The van der Waals surface area contributed by atoms with E-state index in [0.717, 1.165) is 27.9 Å². The number of hydrogen-bond acceptors (Lipinski definition) is 7. The molecule has 0 fully saturated rings. The van der Waals surface area contributed by atoms with Crippen molar-refractivity contribution in [1.82, 2.24) is 30.4 Å². The van der Waals surface area contributed by atoms with E-state index in [9.17, 15) is 9.59 Å². The number of fused-ring (bicyclic) bond motifs is 1. The minimum absolute atomic E-state index is 0.225. The lowest BCUT2D eigenvalue weighted by atomic mass is 10.0. The van der Waals surface area contributed by atoms with Crippen molar-refractivity contribution in [1.29, 1.82) is 0 Å². The molecule has 10 heteroatoms. The van der Waals surface area contributed by atoms with Crippen LogP contribution in [0.1, 0.15) is 22.5 Å². The molecule has 3 aromatic heterocycles. The minimum Gasteiger partial charge on any atom is -0.386 e. The first-order valence-corrected chi connectivity index (χ1v) is 10.6. The normalized spacial score (nSPS) is 11.8. The number of carbonyl (C=O) groups is 1. The molecule has 0 aliphatic heterocycles. The van der Waals surface area contributed by atoms with Gasteiger partial charge >= 0.3 is 0 Å². The number of nitrogens with one attached hydrogen (secondary N) is 3. The Hall–Kier alpha value is -4.60. The number of amides is 1. The number of nitrogens with zero attached hydrogens (tertiary/aromatic N) is 5. The predicted molar refractivity (Wildman–Crippen MR) is 132 cm³/mol. The number of pyridine rings is 1. The number of hydrazone groups is 1. The maximum Gasteiger partial charge on any atom is 0.277 e. The van der Waals surface area contributed by atoms with Crippen LogP contribution in [0, 0.1) is 6.92 Å². The highest BCUT2D eigenvalue weighted by molar-refractivity contribution is 6.11. The van der Waals surface area contributed by atoms with Crippen LogP contribution in [0.5, 0.6) is 0 Å². The Morgan fingerprint density at radius 3 is 2.85 bits per heavy atom. The fraction of sp³-hybridized carbons (Fsp3) is 0.167. The van der Waals surface area contributed by atoms with E-state index in [2.05, 4.69) is 36.1 Å². The van der Waals surface area contributed by atoms with Gasteiger partial charge in [0.1, 0.15) is 0 Å². The molecule has 0 aliphatic rings. The van der Waals surface area contributed by atoms with E-state index in [-0.39, 0.29) is 12.1 Å². The van der Waals surface area contributed by atoms with Crippen LogP contribution in [-0.4, -0.2) is 44.6 Å². The third kappa shape index (κ3) is 4.90. The molecule has 1 aromatic carbocycles. The van der Waals surface area contributed by atoms with Crippen LogP contribution in [0.3, 0.4) is 0 Å². The highest BCUT2D eigenvalue weighted by atomic mass is 16.1. The smallest absolute Gasteiger partial charge is 0.277 e. The minimum atomic E-state index is -0.305. The standard InChI is InChI=1S/C24H24N8O2/c1-16-5-3-7-19(30-16)14-32-24(34)23(22(25-2)13-29-32)18(11-26-28-15-33)10-9-17-6-4-8-21-20(17)12-27-31-21/h3-8,10-13,15,25H,9,14H2,1-2H3,(H,27,31)(H,28,33)/b18-10+,26-11-. The zero-order valence-corrected chi connectivity index (χ0v) is 18.8. The summed E-state index contributed by atoms with van der Waals surface area (Å²) in [5.74, 6) is 0. The molecule has 1 amide bonds. The van der Waals surface area contributed by atoms with Gasteiger partial charge in [-0.1, -0.05) is 24.3 Å². The van der Waals surface area contributed by atoms with Gasteiger partial charge in [0.25, 0.3) is 5.56 Å². The molecule has 0 saturated heterocycles. The average Bonchev–Trinajstić information content (AvgIpc) is 3.32. The van der Waals surface area contributed by atoms with Crippen LogP contribution < -0.4 is 16.3 Å². The number of aromatic nitrogens is 5. The molecule has 172 valence electrons. The lowest BCUT2D eigenvalue weighted by molar-refractivity contribution is -0.109. The van der Waals surface area contributed by atoms with Gasteiger partial charge in [-0.2, -0.15) is 15.3 Å². The van der Waals surface area contributed by atoms with E-state index in [0.29, 0.717) is 29.7 Å². The largest absolute Gasteiger partial charge is 0.386 e. The first-order valence-electron chi connectivity index (χ1n) is 10.6. The molecule has 4 aromatic rings. The molecule has 0 aliphatic carbocycles. The van der Waals surface area contributed by atoms with Crippen molar-refractivity contribution in [3.63, 3.8) is 0 Å². The van der Waals surface area contributed by atoms with Crippen molar-refractivity contribution in [2.75, 3.05) is 12.4 Å². The Morgan fingerprint density at radius 2 is 2.06 bits per heavy atom. The summed E-state index contributed by atoms with van der Waals surface area (Å²) in [5.41, 5.74) is 6.98. The number of anilines is 1. The summed E-state index contributed by atoms with van der Waals surface area (Å²) in [5, 5.41) is 19.3. The number of aryl methyl sites for hydroxylation is 1. The second kappa shape index (κ2) is 10.3. The Labute approximate surface area is 195 Å². The zero-order valence-electron chi connectivity index (χ0n) is 18.8. The number of aromatic amines is 1. The average molecular weight is 457 g/mol. The van der Waals surface area contributed by atoms with Crippen LogP contribution in [0.15, 0.2) is 64.8 Å². The lowest BCUT2D eigenvalue weighted by Crippen LogP contribution is -2.28. The predicted octanol–water partition coefficient (Wildman–Crippen LogP) is 2.27. The van der Waals surface area contributed by atoms with E-state index < -0.39 is 0 Å². The molecule has 3 N–H and O–H groups in total. The van der Waals surface area contributed by atoms with Gasteiger partial charge in [-0.25, -0.2) is 10.1 Å². The van der Waals surface area contributed by atoms with Crippen molar-refractivity contribution < 1.29 is 4.79 Å². The second-order valence-electron chi connectivity index (χ2n) is 7.53. The number of H-pyrrole nitrogens is 1. The van der Waals surface area contributed by atoms with Crippen LogP contribution in [0.2, 0.25) is 0 Å². The van der Waals surface area contributed by atoms with E-state index in [1.807, 2.05) is 49.4 Å². The summed E-state index contributed by atoms with van der Waals surface area (Å²) in [4.78, 5) is 28.7. The maximum atomic E-state index is 13.5. The fourth-order valence-electron chi connectivity index (χ4n) is 3.69. The summed E-state index contributed by atoms with van der Waals surface area (Å²) in [6, 6.07) is 11.5. The molecular weight excluding hydrogens is 432 g/mol. The number of allylic oxidation sites excluding steroid dienone is 2. The number of benzene rings is 1. The zero-order chi connectivity index (χ0) is 23.9. The molecule has 0 saturated carbocycles. The van der Waals surface area contributed by atoms with Crippen LogP contribution in [0.4, 0.5) is 5.69 Å². The van der Waals surface area contributed by atoms with Gasteiger partial charge in [0, 0.05) is 23.7 Å². The molecule has 34 heavy (non-hydrogen) atoms. The van der Waals surface area contributed by atoms with Crippen molar-refractivity contribution in [2.24, 2.45) is 5.10 Å². The van der Waals surface area contributed by atoms with Crippen molar-refractivity contribution >= 4 is 34.8 Å². The Kier molecular flexibility index (Phi) is 6.87. The third-order valence-electron chi connectivity index (χ3n) is 5.31. The van der Waals surface area contributed by atoms with E-state index in [1.165, 1.54) is 10.9 Å². The van der Waals surface area contributed by atoms with Crippen LogP contribution in [0.25, 0.3) is 16.5 Å². The van der Waals surface area contributed by atoms with Gasteiger partial charge in [0.05, 0.1) is 47.6 Å². The summed E-state index contributed by atoms with van der Waals surface area (Å²) in [6.07, 6.45) is 7.70. The van der Waals surface area contributed by atoms with Gasteiger partial charge < -0.3 is 5.32 Å². The topological polar surface area (TPSA) is 130 Å². The maximum absolute atomic E-state index is 13.5. The number of hydrogen-bond donors (Lipinski definition) is 3. The molecule has 10 nitrogen and oxygen atoms in total. The van der Waals surface area contributed by atoms with E-state index in [4.69, 9.17) is 0 Å². The third-order valence-corrected chi connectivity index (χ3v) is 5.31. The highest BCUT2D eigenvalue weighted by Gasteiger charge is 2.15. The molecule has 0 bridgehead atoms. The van der Waals surface area contributed by atoms with Gasteiger partial charge in [-0.05, 0) is 37.1 Å². The molecule has 0 radical (unpaired) electrons. The number of rotatable bonds is 9. The van der Waals surface area contributed by atoms with Gasteiger partial charge in [0.15, 0.2) is 0 Å². The Balaban J connectivity index is 1.78. The van der Waals surface area contributed by atoms with Crippen LogP contribution in [-0.2, 0) is 17.8 Å².